The van der Waals surface area contributed by atoms with Crippen molar-refractivity contribution in [1.29, 1.82) is 0 Å². The van der Waals surface area contributed by atoms with Gasteiger partial charge >= 0.3 is 5.97 Å². The molecule has 0 saturated carbocycles. The topological polar surface area (TPSA) is 154 Å². The van der Waals surface area contributed by atoms with E-state index in [-0.39, 0.29) is 17.7 Å². The fraction of sp³-hybridized carbons (Fsp3) is 0.500. The van der Waals surface area contributed by atoms with Crippen molar-refractivity contribution in [1.82, 2.24) is 19.5 Å². The van der Waals surface area contributed by atoms with Gasteiger partial charge in [0.15, 0.2) is 10.8 Å². The number of azide groups is 1. The SMILES string of the molecule is CC(=O)OC[C@H]1O[C@@H](n2cnc3c(Cl)nc(N)nc32)C[C@@H]1N=[N+]=[N-]. The lowest BCUT2D eigenvalue weighted by atomic mass is 10.1. The van der Waals surface area contributed by atoms with Crippen LogP contribution in [-0.4, -0.2) is 44.2 Å². The van der Waals surface area contributed by atoms with Gasteiger partial charge in [0, 0.05) is 18.3 Å². The number of aromatic nitrogens is 4. The third kappa shape index (κ3) is 3.04. The van der Waals surface area contributed by atoms with Crippen molar-refractivity contribution in [3.63, 3.8) is 0 Å². The summed E-state index contributed by atoms with van der Waals surface area (Å²) in [5, 5.41) is 3.84. The molecule has 24 heavy (non-hydrogen) atoms. The number of imidazole rings is 1. The zero-order valence-electron chi connectivity index (χ0n) is 12.5. The molecule has 1 saturated heterocycles. The predicted molar refractivity (Wildman–Crippen MR) is 82.8 cm³/mol. The third-order valence-electron chi connectivity index (χ3n) is 3.56. The van der Waals surface area contributed by atoms with E-state index in [1.165, 1.54) is 13.3 Å². The normalized spacial score (nSPS) is 23.2. The van der Waals surface area contributed by atoms with E-state index in [9.17, 15) is 4.79 Å². The molecule has 0 radical (unpaired) electrons. The lowest BCUT2D eigenvalue weighted by molar-refractivity contribution is -0.145. The number of carbonyl (C=O) groups excluding carboxylic acids is 1. The molecule has 1 aliphatic rings. The number of esters is 1. The maximum Gasteiger partial charge on any atom is 0.302 e. The highest BCUT2D eigenvalue weighted by Gasteiger charge is 2.37. The molecule has 0 spiro atoms. The molecule has 3 rings (SSSR count). The van der Waals surface area contributed by atoms with Crippen molar-refractivity contribution in [2.24, 2.45) is 5.11 Å². The Morgan fingerprint density at radius 1 is 1.67 bits per heavy atom. The average molecular weight is 353 g/mol. The number of hydrogen-bond donors (Lipinski definition) is 1. The molecule has 0 aromatic carbocycles. The average Bonchev–Trinajstić information content (AvgIpc) is 3.09. The van der Waals surface area contributed by atoms with E-state index in [2.05, 4.69) is 25.0 Å². The first-order chi connectivity index (χ1) is 11.5. The molecule has 0 amide bonds. The first-order valence-electron chi connectivity index (χ1n) is 6.98. The number of ether oxygens (including phenoxy) is 2. The number of fused-ring (bicyclic) bond motifs is 1. The summed E-state index contributed by atoms with van der Waals surface area (Å²) in [4.78, 5) is 25.9. The minimum absolute atomic E-state index is 0.00954. The van der Waals surface area contributed by atoms with Crippen LogP contribution in [0.2, 0.25) is 5.15 Å². The maximum atomic E-state index is 11.0. The van der Waals surface area contributed by atoms with Gasteiger partial charge in [-0.15, -0.1) is 0 Å². The highest BCUT2D eigenvalue weighted by molar-refractivity contribution is 6.33. The van der Waals surface area contributed by atoms with Crippen molar-refractivity contribution < 1.29 is 14.3 Å². The van der Waals surface area contributed by atoms with E-state index in [0.29, 0.717) is 17.6 Å². The minimum atomic E-state index is -0.568. The summed E-state index contributed by atoms with van der Waals surface area (Å²) in [5.74, 6) is -0.433. The Bertz CT molecular complexity index is 833. The van der Waals surface area contributed by atoms with E-state index >= 15 is 0 Å². The number of rotatable bonds is 4. The molecule has 2 N–H and O–H groups in total. The number of nitrogen functional groups attached to an aromatic ring is 1. The lowest BCUT2D eigenvalue weighted by Crippen LogP contribution is -2.26. The van der Waals surface area contributed by atoms with Gasteiger partial charge in [0.1, 0.15) is 24.5 Å². The van der Waals surface area contributed by atoms with Crippen molar-refractivity contribution in [2.75, 3.05) is 12.3 Å². The Morgan fingerprint density at radius 3 is 3.17 bits per heavy atom. The van der Waals surface area contributed by atoms with E-state index < -0.39 is 24.3 Å². The predicted octanol–water partition coefficient (Wildman–Crippen LogP) is 1.59. The fourth-order valence-corrected chi connectivity index (χ4v) is 2.75. The first kappa shape index (κ1) is 16.2. The van der Waals surface area contributed by atoms with Crippen LogP contribution in [0.5, 0.6) is 0 Å². The number of anilines is 1. The Hall–Kier alpha value is -2.62. The summed E-state index contributed by atoms with van der Waals surface area (Å²) in [6, 6.07) is -0.494. The second-order valence-electron chi connectivity index (χ2n) is 5.14. The van der Waals surface area contributed by atoms with Crippen LogP contribution in [0.4, 0.5) is 5.95 Å². The standard InChI is InChI=1S/C12H13ClN8O3/c1-5(22)23-3-7-6(19-20-15)2-8(24-7)21-4-16-9-10(13)17-12(14)18-11(9)21/h4,6-8H,2-3H2,1H3,(H2,14,17,18)/t6-,7+,8+/m0/s1. The fourth-order valence-electron chi connectivity index (χ4n) is 2.53. The molecular formula is C12H13ClN8O3. The molecule has 0 unspecified atom stereocenters. The van der Waals surface area contributed by atoms with Gasteiger partial charge in [0.2, 0.25) is 5.95 Å². The van der Waals surface area contributed by atoms with Crippen LogP contribution >= 0.6 is 11.6 Å². The molecule has 12 heteroatoms. The molecule has 3 atom stereocenters. The maximum absolute atomic E-state index is 11.0. The van der Waals surface area contributed by atoms with Crippen LogP contribution in [0, 0.1) is 0 Å². The second kappa shape index (κ2) is 6.48. The molecule has 11 nitrogen and oxygen atoms in total. The van der Waals surface area contributed by atoms with E-state index in [1.807, 2.05) is 0 Å². The number of hydrogen-bond acceptors (Lipinski definition) is 8. The van der Waals surface area contributed by atoms with Gasteiger partial charge < -0.3 is 15.2 Å². The van der Waals surface area contributed by atoms with Crippen LogP contribution in [-0.2, 0) is 14.3 Å². The lowest BCUT2D eigenvalue weighted by Gasteiger charge is -2.15. The molecule has 0 aliphatic carbocycles. The molecule has 2 aromatic rings. The Balaban J connectivity index is 1.90. The summed E-state index contributed by atoms with van der Waals surface area (Å²) in [7, 11) is 0. The number of nitrogens with zero attached hydrogens (tertiary/aromatic N) is 7. The van der Waals surface area contributed by atoms with E-state index in [0.717, 1.165) is 0 Å². The summed E-state index contributed by atoms with van der Waals surface area (Å²) in [5.41, 5.74) is 15.1. The number of nitrogens with two attached hydrogens (primary N) is 1. The van der Waals surface area contributed by atoms with E-state index in [4.69, 9.17) is 32.3 Å². The quantitative estimate of drug-likeness (QED) is 0.288. The first-order valence-corrected chi connectivity index (χ1v) is 7.36. The minimum Gasteiger partial charge on any atom is -0.463 e. The Kier molecular flexibility index (Phi) is 4.38. The largest absolute Gasteiger partial charge is 0.463 e. The Labute approximate surface area is 140 Å². The molecule has 3 heterocycles. The van der Waals surface area contributed by atoms with Crippen molar-refractivity contribution in [3.05, 3.63) is 21.9 Å². The molecular weight excluding hydrogens is 340 g/mol. The summed E-state index contributed by atoms with van der Waals surface area (Å²) < 4.78 is 12.4. The molecule has 1 aliphatic heterocycles. The molecule has 1 fully saturated rings. The number of halogens is 1. The van der Waals surface area contributed by atoms with Crippen LogP contribution in [0.25, 0.3) is 21.6 Å². The van der Waals surface area contributed by atoms with Crippen molar-refractivity contribution in [2.45, 2.75) is 31.7 Å². The summed E-state index contributed by atoms with van der Waals surface area (Å²) in [6.07, 6.45) is 0.776. The van der Waals surface area contributed by atoms with Crippen LogP contribution in [0.1, 0.15) is 19.6 Å². The monoisotopic (exact) mass is 352 g/mol. The highest BCUT2D eigenvalue weighted by Crippen LogP contribution is 2.33. The van der Waals surface area contributed by atoms with Crippen LogP contribution in [0.3, 0.4) is 0 Å². The van der Waals surface area contributed by atoms with Crippen LogP contribution in [0.15, 0.2) is 11.4 Å². The van der Waals surface area contributed by atoms with Crippen LogP contribution < -0.4 is 5.73 Å². The van der Waals surface area contributed by atoms with Gasteiger partial charge in [0.05, 0.1) is 12.4 Å². The van der Waals surface area contributed by atoms with Gasteiger partial charge in [-0.25, -0.2) is 4.98 Å². The third-order valence-corrected chi connectivity index (χ3v) is 3.82. The Morgan fingerprint density at radius 2 is 2.46 bits per heavy atom. The van der Waals surface area contributed by atoms with Crippen molar-refractivity contribution >= 4 is 34.7 Å². The van der Waals surface area contributed by atoms with Gasteiger partial charge in [-0.1, -0.05) is 16.7 Å². The molecule has 126 valence electrons. The van der Waals surface area contributed by atoms with Gasteiger partial charge in [0.25, 0.3) is 0 Å². The van der Waals surface area contributed by atoms with Gasteiger partial charge in [-0.05, 0) is 5.53 Å². The smallest absolute Gasteiger partial charge is 0.302 e. The zero-order valence-corrected chi connectivity index (χ0v) is 13.3. The van der Waals surface area contributed by atoms with Gasteiger partial charge in [-0.2, -0.15) is 9.97 Å². The van der Waals surface area contributed by atoms with Gasteiger partial charge in [-0.3, -0.25) is 9.36 Å². The second-order valence-corrected chi connectivity index (χ2v) is 5.49. The summed E-state index contributed by atoms with van der Waals surface area (Å²) >= 11 is 6.00. The zero-order chi connectivity index (χ0) is 17.3. The number of carbonyl (C=O) groups is 1. The molecule has 0 bridgehead atoms. The highest BCUT2D eigenvalue weighted by atomic mass is 35.5. The van der Waals surface area contributed by atoms with Crippen molar-refractivity contribution in [3.8, 4) is 0 Å². The van der Waals surface area contributed by atoms with E-state index in [1.54, 1.807) is 4.57 Å². The molecule has 2 aromatic heterocycles. The summed E-state index contributed by atoms with van der Waals surface area (Å²) in [6.45, 7) is 1.28.